The van der Waals surface area contributed by atoms with E-state index in [0.29, 0.717) is 34.0 Å². The molecule has 0 fully saturated rings. The Kier molecular flexibility index (Phi) is 8.43. The Balaban J connectivity index is 1.96. The predicted molar refractivity (Wildman–Crippen MR) is 156 cm³/mol. The molecule has 0 bridgehead atoms. The van der Waals surface area contributed by atoms with E-state index in [1.807, 2.05) is 70.2 Å². The molecule has 3 aromatic carbocycles. The van der Waals surface area contributed by atoms with Crippen LogP contribution in [0, 0.1) is 13.8 Å². The second-order valence-electron chi connectivity index (χ2n) is 9.72. The highest BCUT2D eigenvalue weighted by Gasteiger charge is 2.27. The van der Waals surface area contributed by atoms with Crippen molar-refractivity contribution in [1.82, 2.24) is 15.1 Å². The summed E-state index contributed by atoms with van der Waals surface area (Å²) in [4.78, 5) is 24.6. The molecule has 0 saturated carbocycles. The number of ether oxygens (including phenoxy) is 3. The maximum atomic E-state index is 12.4. The number of carbonyl (C=O) groups is 2. The standard InChI is InChI=1S/C31H34N4O5/c1-18(2)32-31(37)33-23-12-10-22(11-13-23)28-29(25-15-14-24(38-6)17-27(25)39-7)34-35(30(28)40-21(5)36)26-16-19(3)8-9-20(26)4/h8-18H,1-7H3,(H2,32,33,37). The molecule has 0 aliphatic rings. The van der Waals surface area contributed by atoms with Crippen LogP contribution in [0.5, 0.6) is 17.4 Å². The molecule has 40 heavy (non-hydrogen) atoms. The van der Waals surface area contributed by atoms with Crippen molar-refractivity contribution in [2.75, 3.05) is 19.5 Å². The second-order valence-corrected chi connectivity index (χ2v) is 9.72. The van der Waals surface area contributed by atoms with Gasteiger partial charge in [-0.3, -0.25) is 4.79 Å². The summed E-state index contributed by atoms with van der Waals surface area (Å²) in [6, 6.07) is 18.5. The molecule has 2 amide bonds. The number of aryl methyl sites for hydroxylation is 2. The number of rotatable bonds is 8. The molecule has 9 heteroatoms. The molecule has 0 unspecified atom stereocenters. The first-order valence-electron chi connectivity index (χ1n) is 12.9. The zero-order valence-corrected chi connectivity index (χ0v) is 23.8. The van der Waals surface area contributed by atoms with Gasteiger partial charge in [-0.05, 0) is 74.7 Å². The van der Waals surface area contributed by atoms with Crippen molar-refractivity contribution in [2.45, 2.75) is 40.7 Å². The first kappa shape index (κ1) is 28.2. The Morgan fingerprint density at radius 1 is 0.925 bits per heavy atom. The molecule has 0 spiro atoms. The number of urea groups is 1. The average molecular weight is 543 g/mol. The van der Waals surface area contributed by atoms with Gasteiger partial charge >= 0.3 is 12.0 Å². The number of carbonyl (C=O) groups excluding carboxylic acids is 2. The summed E-state index contributed by atoms with van der Waals surface area (Å²) in [5.74, 6) is 0.965. The topological polar surface area (TPSA) is 104 Å². The fourth-order valence-electron chi connectivity index (χ4n) is 4.34. The van der Waals surface area contributed by atoms with Crippen molar-refractivity contribution in [1.29, 1.82) is 0 Å². The minimum Gasteiger partial charge on any atom is -0.497 e. The van der Waals surface area contributed by atoms with Crippen molar-refractivity contribution in [3.8, 4) is 45.5 Å². The molecule has 1 heterocycles. The first-order chi connectivity index (χ1) is 19.1. The highest BCUT2D eigenvalue weighted by Crippen LogP contribution is 2.45. The van der Waals surface area contributed by atoms with Gasteiger partial charge in [0.2, 0.25) is 5.88 Å². The van der Waals surface area contributed by atoms with E-state index in [9.17, 15) is 9.59 Å². The number of nitrogens with zero attached hydrogens (tertiary/aromatic N) is 2. The van der Waals surface area contributed by atoms with E-state index in [4.69, 9.17) is 19.3 Å². The average Bonchev–Trinajstić information content (AvgIpc) is 3.27. The molecule has 208 valence electrons. The molecule has 4 aromatic rings. The third-order valence-electron chi connectivity index (χ3n) is 6.19. The Morgan fingerprint density at radius 3 is 2.27 bits per heavy atom. The van der Waals surface area contributed by atoms with Crippen LogP contribution >= 0.6 is 0 Å². The van der Waals surface area contributed by atoms with E-state index < -0.39 is 5.97 Å². The summed E-state index contributed by atoms with van der Waals surface area (Å²) in [7, 11) is 3.17. The van der Waals surface area contributed by atoms with Gasteiger partial charge in [0.1, 0.15) is 17.2 Å². The lowest BCUT2D eigenvalue weighted by Gasteiger charge is -2.13. The second kappa shape index (κ2) is 11.9. The molecule has 0 atom stereocenters. The molecule has 2 N–H and O–H groups in total. The van der Waals surface area contributed by atoms with E-state index in [1.165, 1.54) is 6.92 Å². The van der Waals surface area contributed by atoms with Crippen LogP contribution in [0.15, 0.2) is 60.7 Å². The molecule has 9 nitrogen and oxygen atoms in total. The van der Waals surface area contributed by atoms with Crippen LogP contribution in [0.1, 0.15) is 31.9 Å². The number of nitrogens with one attached hydrogen (secondary N) is 2. The van der Waals surface area contributed by atoms with Crippen molar-refractivity contribution in [3.63, 3.8) is 0 Å². The number of esters is 1. The summed E-state index contributed by atoms with van der Waals surface area (Å²) in [6.07, 6.45) is 0. The van der Waals surface area contributed by atoms with E-state index in [2.05, 4.69) is 10.6 Å². The van der Waals surface area contributed by atoms with E-state index in [0.717, 1.165) is 22.4 Å². The monoisotopic (exact) mass is 542 g/mol. The highest BCUT2D eigenvalue weighted by atomic mass is 16.5. The number of benzene rings is 3. The SMILES string of the molecule is COc1ccc(-c2nn(-c3cc(C)ccc3C)c(OC(C)=O)c2-c2ccc(NC(=O)NC(C)C)cc2)c(OC)c1. The van der Waals surface area contributed by atoms with Gasteiger partial charge in [0.05, 0.1) is 25.5 Å². The Morgan fingerprint density at radius 2 is 1.65 bits per heavy atom. The zero-order chi connectivity index (χ0) is 29.0. The van der Waals surface area contributed by atoms with Crippen LogP contribution in [-0.4, -0.2) is 42.0 Å². The lowest BCUT2D eigenvalue weighted by Crippen LogP contribution is -2.34. The molecule has 0 saturated heterocycles. The minimum atomic E-state index is -0.482. The minimum absolute atomic E-state index is 0.00325. The fourth-order valence-corrected chi connectivity index (χ4v) is 4.34. The fraction of sp³-hybridized carbons (Fsp3) is 0.258. The first-order valence-corrected chi connectivity index (χ1v) is 12.9. The number of anilines is 1. The molecule has 0 aliphatic heterocycles. The highest BCUT2D eigenvalue weighted by molar-refractivity contribution is 5.92. The maximum Gasteiger partial charge on any atom is 0.319 e. The van der Waals surface area contributed by atoms with Crippen molar-refractivity contribution < 1.29 is 23.8 Å². The predicted octanol–water partition coefficient (Wildman–Crippen LogP) is 6.30. The Bertz CT molecular complexity index is 1540. The summed E-state index contributed by atoms with van der Waals surface area (Å²) in [6.45, 7) is 9.11. The molecule has 1 aromatic heterocycles. The largest absolute Gasteiger partial charge is 0.497 e. The smallest absolute Gasteiger partial charge is 0.319 e. The lowest BCUT2D eigenvalue weighted by molar-refractivity contribution is -0.132. The van der Waals surface area contributed by atoms with Gasteiger partial charge in [-0.2, -0.15) is 9.78 Å². The molecule has 4 rings (SSSR count). The summed E-state index contributed by atoms with van der Waals surface area (Å²) >= 11 is 0. The van der Waals surface area contributed by atoms with Crippen LogP contribution in [0.3, 0.4) is 0 Å². The van der Waals surface area contributed by atoms with Gasteiger partial charge in [-0.15, -0.1) is 0 Å². The summed E-state index contributed by atoms with van der Waals surface area (Å²) < 4.78 is 18.6. The molecular weight excluding hydrogens is 508 g/mol. The van der Waals surface area contributed by atoms with Gasteiger partial charge in [0, 0.05) is 30.3 Å². The zero-order valence-electron chi connectivity index (χ0n) is 23.8. The van der Waals surface area contributed by atoms with E-state index in [1.54, 1.807) is 37.1 Å². The maximum absolute atomic E-state index is 12.4. The van der Waals surface area contributed by atoms with Crippen molar-refractivity contribution >= 4 is 17.7 Å². The van der Waals surface area contributed by atoms with Crippen LogP contribution in [0.4, 0.5) is 10.5 Å². The number of aromatic nitrogens is 2. The normalized spacial score (nSPS) is 10.8. The van der Waals surface area contributed by atoms with Gasteiger partial charge in [-0.1, -0.05) is 24.3 Å². The van der Waals surface area contributed by atoms with Crippen LogP contribution < -0.4 is 24.8 Å². The van der Waals surface area contributed by atoms with E-state index >= 15 is 0 Å². The molecule has 0 radical (unpaired) electrons. The van der Waals surface area contributed by atoms with Gasteiger partial charge in [-0.25, -0.2) is 4.79 Å². The van der Waals surface area contributed by atoms with Crippen molar-refractivity contribution in [2.24, 2.45) is 0 Å². The lowest BCUT2D eigenvalue weighted by atomic mass is 10.00. The summed E-state index contributed by atoms with van der Waals surface area (Å²) in [5.41, 5.74) is 5.95. The van der Waals surface area contributed by atoms with Gasteiger partial charge in [0.15, 0.2) is 0 Å². The van der Waals surface area contributed by atoms with Crippen LogP contribution in [-0.2, 0) is 4.79 Å². The Labute approximate surface area is 234 Å². The van der Waals surface area contributed by atoms with Gasteiger partial charge < -0.3 is 24.8 Å². The third kappa shape index (κ3) is 6.09. The number of methoxy groups -OCH3 is 2. The number of hydrogen-bond acceptors (Lipinski definition) is 6. The van der Waals surface area contributed by atoms with Crippen molar-refractivity contribution in [3.05, 3.63) is 71.8 Å². The Hall–Kier alpha value is -4.79. The summed E-state index contributed by atoms with van der Waals surface area (Å²) in [5, 5.41) is 10.6. The molecular formula is C31H34N4O5. The quantitative estimate of drug-likeness (QED) is 0.254. The van der Waals surface area contributed by atoms with Gasteiger partial charge in [0.25, 0.3) is 0 Å². The third-order valence-corrected chi connectivity index (χ3v) is 6.19. The number of hydrogen-bond donors (Lipinski definition) is 2. The number of amides is 2. The van der Waals surface area contributed by atoms with Crippen LogP contribution in [0.2, 0.25) is 0 Å². The van der Waals surface area contributed by atoms with Crippen LogP contribution in [0.25, 0.3) is 28.1 Å². The molecule has 0 aliphatic carbocycles. The van der Waals surface area contributed by atoms with E-state index in [-0.39, 0.29) is 18.0 Å².